The van der Waals surface area contributed by atoms with E-state index in [2.05, 4.69) is 37.2 Å². The first-order chi connectivity index (χ1) is 12.7. The number of nitrogens with one attached hydrogen (secondary N) is 1. The molecular weight excluding hydrogens is 544 g/mol. The summed E-state index contributed by atoms with van der Waals surface area (Å²) in [7, 11) is -3.63. The molecule has 1 unspecified atom stereocenters. The zero-order chi connectivity index (χ0) is 20.2. The van der Waals surface area contributed by atoms with Crippen LogP contribution in [0, 0.1) is 0 Å². The van der Waals surface area contributed by atoms with Crippen molar-refractivity contribution in [3.05, 3.63) is 54.9 Å². The molecule has 148 valence electrons. The largest absolute Gasteiger partial charge is 0.506 e. The molecular formula is C17H18Br2Cl2NO4P. The third-order valence-electron chi connectivity index (χ3n) is 3.51. The van der Waals surface area contributed by atoms with Gasteiger partial charge in [-0.2, -0.15) is 0 Å². The lowest BCUT2D eigenvalue weighted by Gasteiger charge is -2.29. The summed E-state index contributed by atoms with van der Waals surface area (Å²) in [6.45, 7) is 3.87. The third-order valence-corrected chi connectivity index (χ3v) is 7.56. The number of halogens is 4. The zero-order valence-corrected chi connectivity index (χ0v) is 20.1. The van der Waals surface area contributed by atoms with Gasteiger partial charge < -0.3 is 19.5 Å². The van der Waals surface area contributed by atoms with Gasteiger partial charge in [0.05, 0.1) is 22.2 Å². The highest BCUT2D eigenvalue weighted by Gasteiger charge is 2.38. The van der Waals surface area contributed by atoms with Crippen molar-refractivity contribution < 1.29 is 18.7 Å². The first kappa shape index (κ1) is 23.0. The van der Waals surface area contributed by atoms with Crippen LogP contribution in [0.1, 0.15) is 25.2 Å². The van der Waals surface area contributed by atoms with Gasteiger partial charge in [-0.05, 0) is 70.0 Å². The van der Waals surface area contributed by atoms with Crippen molar-refractivity contribution >= 4 is 68.3 Å². The highest BCUT2D eigenvalue weighted by atomic mass is 79.9. The van der Waals surface area contributed by atoms with Crippen LogP contribution in [0.25, 0.3) is 0 Å². The van der Waals surface area contributed by atoms with Crippen LogP contribution in [-0.2, 0) is 13.6 Å². The molecule has 0 radical (unpaired) electrons. The van der Waals surface area contributed by atoms with Crippen molar-refractivity contribution in [2.24, 2.45) is 0 Å². The number of phenols is 1. The molecule has 10 heteroatoms. The Morgan fingerprint density at radius 1 is 1.11 bits per heavy atom. The zero-order valence-electron chi connectivity index (χ0n) is 14.5. The normalized spacial score (nSPS) is 12.8. The van der Waals surface area contributed by atoms with Crippen LogP contribution >= 0.6 is 62.7 Å². The molecule has 0 amide bonds. The van der Waals surface area contributed by atoms with Gasteiger partial charge in [0.15, 0.2) is 5.78 Å². The summed E-state index contributed by atoms with van der Waals surface area (Å²) < 4.78 is 25.5. The number of benzene rings is 2. The summed E-state index contributed by atoms with van der Waals surface area (Å²) >= 11 is 18.9. The van der Waals surface area contributed by atoms with Crippen molar-refractivity contribution in [2.75, 3.05) is 18.5 Å². The quantitative estimate of drug-likeness (QED) is 0.256. The fraction of sp³-hybridized carbons (Fsp3) is 0.294. The van der Waals surface area contributed by atoms with Crippen molar-refractivity contribution in [3.8, 4) is 5.75 Å². The SMILES string of the molecule is CCOP(=O)(OCC)C(Nc1cc(Br)c(O)c(Br)c1)c1ccc(Cl)cc1Cl. The lowest BCUT2D eigenvalue weighted by molar-refractivity contribution is 0.214. The van der Waals surface area contributed by atoms with E-state index in [4.69, 9.17) is 32.2 Å². The molecule has 0 fully saturated rings. The number of aromatic hydroxyl groups is 1. The van der Waals surface area contributed by atoms with Crippen molar-refractivity contribution in [2.45, 2.75) is 19.6 Å². The predicted molar refractivity (Wildman–Crippen MR) is 117 cm³/mol. The fourth-order valence-electron chi connectivity index (χ4n) is 2.40. The number of anilines is 1. The van der Waals surface area contributed by atoms with Gasteiger partial charge >= 0.3 is 7.60 Å². The van der Waals surface area contributed by atoms with Crippen LogP contribution in [0.5, 0.6) is 5.75 Å². The molecule has 0 heterocycles. The maximum Gasteiger partial charge on any atom is 0.357 e. The maximum absolute atomic E-state index is 13.5. The molecule has 0 spiro atoms. The van der Waals surface area contributed by atoms with E-state index in [1.165, 1.54) is 0 Å². The van der Waals surface area contributed by atoms with Crippen LogP contribution in [0.15, 0.2) is 39.3 Å². The maximum atomic E-state index is 13.5. The van der Waals surface area contributed by atoms with Crippen molar-refractivity contribution in [3.63, 3.8) is 0 Å². The van der Waals surface area contributed by atoms with Crippen LogP contribution in [0.2, 0.25) is 10.0 Å². The van der Waals surface area contributed by atoms with Crippen molar-refractivity contribution in [1.29, 1.82) is 0 Å². The number of hydrogen-bond acceptors (Lipinski definition) is 5. The van der Waals surface area contributed by atoms with Crippen molar-refractivity contribution in [1.82, 2.24) is 0 Å². The monoisotopic (exact) mass is 559 g/mol. The average molecular weight is 562 g/mol. The minimum atomic E-state index is -3.63. The van der Waals surface area contributed by atoms with Gasteiger partial charge in [-0.15, -0.1) is 0 Å². The van der Waals surface area contributed by atoms with Gasteiger partial charge in [-0.1, -0.05) is 29.3 Å². The molecule has 2 aromatic carbocycles. The van der Waals surface area contributed by atoms with Gasteiger partial charge in [0.2, 0.25) is 0 Å². The van der Waals surface area contributed by atoms with E-state index in [1.807, 2.05) is 0 Å². The second kappa shape index (κ2) is 9.97. The summed E-state index contributed by atoms with van der Waals surface area (Å²) in [5.74, 6) is -0.829. The molecule has 1 atom stereocenters. The fourth-order valence-corrected chi connectivity index (χ4v) is 6.15. The van der Waals surface area contributed by atoms with E-state index in [-0.39, 0.29) is 19.0 Å². The molecule has 0 bridgehead atoms. The van der Waals surface area contributed by atoms with Crippen LogP contribution in [-0.4, -0.2) is 18.3 Å². The first-order valence-corrected chi connectivity index (χ1v) is 12.0. The molecule has 0 saturated carbocycles. The minimum Gasteiger partial charge on any atom is -0.506 e. The lowest BCUT2D eigenvalue weighted by atomic mass is 10.2. The molecule has 0 aliphatic carbocycles. The Hall–Kier alpha value is -0.270. The van der Waals surface area contributed by atoms with E-state index < -0.39 is 13.4 Å². The average Bonchev–Trinajstić information content (AvgIpc) is 2.58. The Kier molecular flexibility index (Phi) is 8.50. The highest BCUT2D eigenvalue weighted by molar-refractivity contribution is 9.11. The van der Waals surface area contributed by atoms with E-state index in [0.29, 0.717) is 30.2 Å². The lowest BCUT2D eigenvalue weighted by Crippen LogP contribution is -2.16. The molecule has 2 aromatic rings. The van der Waals surface area contributed by atoms with E-state index >= 15 is 0 Å². The van der Waals surface area contributed by atoms with Gasteiger partial charge in [0.25, 0.3) is 0 Å². The summed E-state index contributed by atoms with van der Waals surface area (Å²) in [5, 5.41) is 13.9. The summed E-state index contributed by atoms with van der Waals surface area (Å²) in [6.07, 6.45) is 0. The Labute approximate surface area is 185 Å². The highest BCUT2D eigenvalue weighted by Crippen LogP contribution is 2.62. The second-order valence-corrected chi connectivity index (χ2v) is 10.0. The van der Waals surface area contributed by atoms with Crippen LogP contribution in [0.3, 0.4) is 0 Å². The van der Waals surface area contributed by atoms with Gasteiger partial charge in [-0.25, -0.2) is 0 Å². The minimum absolute atomic E-state index is 0.0550. The smallest absolute Gasteiger partial charge is 0.357 e. The Bertz CT molecular complexity index is 836. The number of phenolic OH excluding ortho intramolecular Hbond substituents is 1. The summed E-state index contributed by atoms with van der Waals surface area (Å²) in [5.41, 5.74) is 1.09. The molecule has 0 aliphatic rings. The molecule has 2 rings (SSSR count). The predicted octanol–water partition coefficient (Wildman–Crippen LogP) is 7.60. The molecule has 0 saturated heterocycles. The first-order valence-electron chi connectivity index (χ1n) is 8.00. The van der Waals surface area contributed by atoms with Gasteiger partial charge in [0.1, 0.15) is 5.75 Å². The Balaban J connectivity index is 2.57. The molecule has 0 aromatic heterocycles. The second-order valence-electron chi connectivity index (χ2n) is 5.38. The Morgan fingerprint density at radius 3 is 2.15 bits per heavy atom. The standard InChI is InChI=1S/C17H18Br2Cl2NO4P/c1-3-25-27(24,26-4-2)17(12-6-5-10(20)7-15(12)21)22-11-8-13(18)16(23)14(19)9-11/h5-9,17,22-23H,3-4H2,1-2H3. The Morgan fingerprint density at radius 2 is 1.67 bits per heavy atom. The van der Waals surface area contributed by atoms with E-state index in [1.54, 1.807) is 44.2 Å². The summed E-state index contributed by atoms with van der Waals surface area (Å²) in [4.78, 5) is 0. The third kappa shape index (κ3) is 5.63. The van der Waals surface area contributed by atoms with Crippen LogP contribution < -0.4 is 5.32 Å². The molecule has 5 nitrogen and oxygen atoms in total. The molecule has 2 N–H and O–H groups in total. The van der Waals surface area contributed by atoms with Crippen LogP contribution in [0.4, 0.5) is 5.69 Å². The van der Waals surface area contributed by atoms with Gasteiger partial charge in [0, 0.05) is 21.3 Å². The topological polar surface area (TPSA) is 67.8 Å². The molecule has 27 heavy (non-hydrogen) atoms. The number of rotatable bonds is 8. The van der Waals surface area contributed by atoms with E-state index in [9.17, 15) is 9.67 Å². The number of hydrogen-bond donors (Lipinski definition) is 2. The summed E-state index contributed by atoms with van der Waals surface area (Å²) in [6, 6.07) is 8.20. The van der Waals surface area contributed by atoms with E-state index in [0.717, 1.165) is 0 Å². The van der Waals surface area contributed by atoms with Gasteiger partial charge in [-0.3, -0.25) is 4.57 Å². The molecule has 0 aliphatic heterocycles.